The zero-order chi connectivity index (χ0) is 16.9. The van der Waals surface area contributed by atoms with Gasteiger partial charge >= 0.3 is 0 Å². The van der Waals surface area contributed by atoms with E-state index < -0.39 is 0 Å². The van der Waals surface area contributed by atoms with Crippen LogP contribution in [0.5, 0.6) is 0 Å². The molecule has 0 bridgehead atoms. The lowest BCUT2D eigenvalue weighted by molar-refractivity contribution is 0.0684. The highest BCUT2D eigenvalue weighted by molar-refractivity contribution is 7.17. The van der Waals surface area contributed by atoms with E-state index in [2.05, 4.69) is 10.3 Å². The molecular formula is C17H18ClN3O2S. The van der Waals surface area contributed by atoms with Gasteiger partial charge in [-0.2, -0.15) is 0 Å². The Hall–Kier alpha value is -1.92. The molecule has 7 heteroatoms. The number of hydrogen-bond acceptors (Lipinski definition) is 4. The third-order valence-corrected chi connectivity index (χ3v) is 5.41. The summed E-state index contributed by atoms with van der Waals surface area (Å²) in [5, 5.41) is 2.96. The molecule has 3 heterocycles. The standard InChI is InChI=1S/C17H18ClN3O2S/c18-15-2-1-14(24-15)16(22)20-11-12-5-9-21(10-6-12)17(23)13-3-7-19-8-4-13/h1-4,7-8,12H,5-6,9-11H2,(H,20,22). The van der Waals surface area contributed by atoms with E-state index in [1.54, 1.807) is 36.7 Å². The first-order valence-electron chi connectivity index (χ1n) is 7.86. The lowest BCUT2D eigenvalue weighted by atomic mass is 9.96. The maximum absolute atomic E-state index is 12.4. The number of thiophene rings is 1. The van der Waals surface area contributed by atoms with Crippen LogP contribution in [0.3, 0.4) is 0 Å². The molecule has 0 unspecified atom stereocenters. The fraction of sp³-hybridized carbons (Fsp3) is 0.353. The molecule has 126 valence electrons. The summed E-state index contributed by atoms with van der Waals surface area (Å²) in [6.45, 7) is 2.06. The molecule has 5 nitrogen and oxygen atoms in total. The predicted octanol–water partition coefficient (Wildman–Crippen LogP) is 3.08. The van der Waals surface area contributed by atoms with Crippen molar-refractivity contribution in [2.24, 2.45) is 5.92 Å². The first kappa shape index (κ1) is 16.9. The van der Waals surface area contributed by atoms with Crippen molar-refractivity contribution in [3.8, 4) is 0 Å². The topological polar surface area (TPSA) is 62.3 Å². The van der Waals surface area contributed by atoms with Gasteiger partial charge in [0.2, 0.25) is 0 Å². The van der Waals surface area contributed by atoms with E-state index in [4.69, 9.17) is 11.6 Å². The number of rotatable bonds is 4. The quantitative estimate of drug-likeness (QED) is 0.908. The second-order valence-electron chi connectivity index (χ2n) is 5.79. The van der Waals surface area contributed by atoms with Gasteiger partial charge in [0.15, 0.2) is 0 Å². The Bertz CT molecular complexity index is 712. The number of nitrogens with zero attached hydrogens (tertiary/aromatic N) is 2. The zero-order valence-corrected chi connectivity index (χ0v) is 14.6. The minimum atomic E-state index is -0.0813. The van der Waals surface area contributed by atoms with Gasteiger partial charge < -0.3 is 10.2 Å². The van der Waals surface area contributed by atoms with E-state index in [1.807, 2.05) is 4.90 Å². The maximum Gasteiger partial charge on any atom is 0.261 e. The molecule has 2 aromatic rings. The molecule has 0 spiro atoms. The summed E-state index contributed by atoms with van der Waals surface area (Å²) in [5.41, 5.74) is 0.673. The van der Waals surface area contributed by atoms with E-state index >= 15 is 0 Å². The van der Waals surface area contributed by atoms with Gasteiger partial charge in [-0.3, -0.25) is 14.6 Å². The Morgan fingerprint density at radius 1 is 1.21 bits per heavy atom. The summed E-state index contributed by atoms with van der Waals surface area (Å²) in [7, 11) is 0. The maximum atomic E-state index is 12.4. The lowest BCUT2D eigenvalue weighted by Crippen LogP contribution is -2.41. The third-order valence-electron chi connectivity index (χ3n) is 4.18. The summed E-state index contributed by atoms with van der Waals surface area (Å²) in [6.07, 6.45) is 5.04. The van der Waals surface area contributed by atoms with Gasteiger partial charge in [0.25, 0.3) is 11.8 Å². The van der Waals surface area contributed by atoms with E-state index in [-0.39, 0.29) is 11.8 Å². The smallest absolute Gasteiger partial charge is 0.261 e. The van der Waals surface area contributed by atoms with Crippen LogP contribution in [0.25, 0.3) is 0 Å². The van der Waals surface area contributed by atoms with Crippen molar-refractivity contribution >= 4 is 34.8 Å². The number of halogens is 1. The van der Waals surface area contributed by atoms with Gasteiger partial charge in [0, 0.05) is 37.6 Å². The highest BCUT2D eigenvalue weighted by Crippen LogP contribution is 2.22. The Morgan fingerprint density at radius 2 is 1.92 bits per heavy atom. The van der Waals surface area contributed by atoms with Gasteiger partial charge in [0.1, 0.15) is 0 Å². The molecule has 1 N–H and O–H groups in total. The third kappa shape index (κ3) is 4.13. The monoisotopic (exact) mass is 363 g/mol. The van der Waals surface area contributed by atoms with Gasteiger partial charge in [-0.05, 0) is 43.0 Å². The van der Waals surface area contributed by atoms with Crippen LogP contribution in [0.15, 0.2) is 36.7 Å². The second kappa shape index (κ2) is 7.77. The first-order chi connectivity index (χ1) is 11.6. The van der Waals surface area contributed by atoms with Crippen LogP contribution in [0.4, 0.5) is 0 Å². The highest BCUT2D eigenvalue weighted by atomic mass is 35.5. The van der Waals surface area contributed by atoms with Gasteiger partial charge in [0.05, 0.1) is 9.21 Å². The molecular weight excluding hydrogens is 346 g/mol. The highest BCUT2D eigenvalue weighted by Gasteiger charge is 2.24. The molecule has 0 atom stereocenters. The Balaban J connectivity index is 1.45. The first-order valence-corrected chi connectivity index (χ1v) is 9.06. The Kier molecular flexibility index (Phi) is 5.48. The molecule has 0 radical (unpaired) electrons. The van der Waals surface area contributed by atoms with Gasteiger partial charge in [-0.25, -0.2) is 0 Å². The van der Waals surface area contributed by atoms with Crippen molar-refractivity contribution in [2.75, 3.05) is 19.6 Å². The van der Waals surface area contributed by atoms with Crippen molar-refractivity contribution in [2.45, 2.75) is 12.8 Å². The summed E-state index contributed by atoms with van der Waals surface area (Å²) in [6, 6.07) is 6.93. The molecule has 3 rings (SSSR count). The fourth-order valence-electron chi connectivity index (χ4n) is 2.78. The van der Waals surface area contributed by atoms with Crippen LogP contribution in [0.1, 0.15) is 32.9 Å². The summed E-state index contributed by atoms with van der Waals surface area (Å²) < 4.78 is 0.614. The number of nitrogens with one attached hydrogen (secondary N) is 1. The minimum absolute atomic E-state index is 0.0492. The average Bonchev–Trinajstić information content (AvgIpc) is 3.07. The number of amides is 2. The number of likely N-dealkylation sites (tertiary alicyclic amines) is 1. The molecule has 1 aliphatic rings. The van der Waals surface area contributed by atoms with Crippen molar-refractivity contribution < 1.29 is 9.59 Å². The van der Waals surface area contributed by atoms with Crippen LogP contribution in [0, 0.1) is 5.92 Å². The van der Waals surface area contributed by atoms with Crippen molar-refractivity contribution in [1.29, 1.82) is 0 Å². The summed E-state index contributed by atoms with van der Waals surface area (Å²) >= 11 is 7.13. The second-order valence-corrected chi connectivity index (χ2v) is 7.50. The molecule has 0 aliphatic carbocycles. The largest absolute Gasteiger partial charge is 0.351 e. The SMILES string of the molecule is O=C(NCC1CCN(C(=O)c2ccncc2)CC1)c1ccc(Cl)s1. The lowest BCUT2D eigenvalue weighted by Gasteiger charge is -2.32. The van der Waals surface area contributed by atoms with E-state index in [0.29, 0.717) is 40.3 Å². The Morgan fingerprint density at radius 3 is 2.54 bits per heavy atom. The van der Waals surface area contributed by atoms with E-state index in [0.717, 1.165) is 12.8 Å². The number of piperidine rings is 1. The average molecular weight is 364 g/mol. The number of carbonyl (C=O) groups is 2. The van der Waals surface area contributed by atoms with Crippen LogP contribution < -0.4 is 5.32 Å². The number of carbonyl (C=O) groups excluding carboxylic acids is 2. The van der Waals surface area contributed by atoms with Crippen molar-refractivity contribution in [3.05, 3.63) is 51.4 Å². The van der Waals surface area contributed by atoms with E-state index in [1.165, 1.54) is 11.3 Å². The number of aromatic nitrogens is 1. The molecule has 2 aromatic heterocycles. The minimum Gasteiger partial charge on any atom is -0.351 e. The number of hydrogen-bond donors (Lipinski definition) is 1. The Labute approximate surface area is 149 Å². The molecule has 2 amide bonds. The normalized spacial score (nSPS) is 15.3. The van der Waals surface area contributed by atoms with Crippen LogP contribution >= 0.6 is 22.9 Å². The zero-order valence-electron chi connectivity index (χ0n) is 13.1. The fourth-order valence-corrected chi connectivity index (χ4v) is 3.74. The summed E-state index contributed by atoms with van der Waals surface area (Å²) in [4.78, 5) is 30.8. The van der Waals surface area contributed by atoms with Crippen LogP contribution in [-0.4, -0.2) is 41.3 Å². The number of pyridine rings is 1. The molecule has 1 aliphatic heterocycles. The van der Waals surface area contributed by atoms with Crippen molar-refractivity contribution in [3.63, 3.8) is 0 Å². The van der Waals surface area contributed by atoms with Crippen molar-refractivity contribution in [1.82, 2.24) is 15.2 Å². The van der Waals surface area contributed by atoms with Gasteiger partial charge in [-0.15, -0.1) is 11.3 Å². The molecule has 24 heavy (non-hydrogen) atoms. The van der Waals surface area contributed by atoms with E-state index in [9.17, 15) is 9.59 Å². The molecule has 1 fully saturated rings. The van der Waals surface area contributed by atoms with Crippen LogP contribution in [-0.2, 0) is 0 Å². The molecule has 0 aromatic carbocycles. The van der Waals surface area contributed by atoms with Crippen LogP contribution in [0.2, 0.25) is 4.34 Å². The predicted molar refractivity (Wildman–Crippen MR) is 94.5 cm³/mol. The molecule has 0 saturated carbocycles. The molecule has 1 saturated heterocycles. The summed E-state index contributed by atoms with van der Waals surface area (Å²) in [5.74, 6) is 0.362. The van der Waals surface area contributed by atoms with Gasteiger partial charge in [-0.1, -0.05) is 11.6 Å².